The molecule has 0 spiro atoms. The Morgan fingerprint density at radius 2 is 1.88 bits per heavy atom. The van der Waals surface area contributed by atoms with Gasteiger partial charge in [0.05, 0.1) is 0 Å². The molecule has 4 aliphatic carbocycles. The fourth-order valence-corrected chi connectivity index (χ4v) is 7.60. The van der Waals surface area contributed by atoms with E-state index in [0.29, 0.717) is 10.8 Å². The maximum Gasteiger partial charge on any atom is 0.321 e. The molecule has 0 unspecified atom stereocenters. The van der Waals surface area contributed by atoms with Gasteiger partial charge in [0.25, 0.3) is 0 Å². The molecule has 3 heteroatoms. The van der Waals surface area contributed by atoms with Crippen LogP contribution in [0, 0.1) is 34.5 Å². The molecule has 4 saturated carbocycles. The fourth-order valence-electron chi connectivity index (χ4n) is 7.54. The molecule has 0 aliphatic heterocycles. The summed E-state index contributed by atoms with van der Waals surface area (Å²) in [5.41, 5.74) is 1.13. The highest BCUT2D eigenvalue weighted by Crippen LogP contribution is 2.66. The Morgan fingerprint density at radius 1 is 1.04 bits per heavy atom. The first-order chi connectivity index (χ1) is 11.5. The maximum absolute atomic E-state index is 11.6. The van der Waals surface area contributed by atoms with Crippen LogP contribution in [0.3, 0.4) is 0 Å². The number of carbonyl (C=O) groups is 1. The van der Waals surface area contributed by atoms with Crippen LogP contribution in [0.4, 0.5) is 0 Å². The second-order valence-electron chi connectivity index (χ2n) is 9.76. The molecule has 0 N–H and O–H groups in total. The first-order valence-corrected chi connectivity index (χ1v) is 10.8. The topological polar surface area (TPSA) is 26.3 Å². The third-order valence-corrected chi connectivity index (χ3v) is 9.02. The molecule has 0 amide bonds. The van der Waals surface area contributed by atoms with Gasteiger partial charge in [0.15, 0.2) is 0 Å². The lowest BCUT2D eigenvalue weighted by molar-refractivity contribution is -0.158. The van der Waals surface area contributed by atoms with Gasteiger partial charge in [0.1, 0.15) is 12.0 Å². The van der Waals surface area contributed by atoms with Gasteiger partial charge in [-0.15, -0.1) is 11.6 Å². The highest BCUT2D eigenvalue weighted by Gasteiger charge is 2.58. The van der Waals surface area contributed by atoms with Crippen molar-refractivity contribution in [1.29, 1.82) is 0 Å². The van der Waals surface area contributed by atoms with E-state index in [2.05, 4.69) is 13.8 Å². The highest BCUT2D eigenvalue weighted by molar-refractivity contribution is 6.26. The minimum absolute atomic E-state index is 0.0105. The van der Waals surface area contributed by atoms with E-state index in [0.717, 1.165) is 36.5 Å². The highest BCUT2D eigenvalue weighted by atomic mass is 35.5. The molecule has 0 aromatic carbocycles. The van der Waals surface area contributed by atoms with E-state index < -0.39 is 0 Å². The molecule has 0 radical (unpaired) electrons. The van der Waals surface area contributed by atoms with Crippen LogP contribution in [-0.4, -0.2) is 18.0 Å². The van der Waals surface area contributed by atoms with Gasteiger partial charge in [-0.1, -0.05) is 20.3 Å². The second kappa shape index (κ2) is 6.18. The number of ether oxygens (including phenoxy) is 1. The zero-order valence-electron chi connectivity index (χ0n) is 15.4. The monoisotopic (exact) mass is 352 g/mol. The number of rotatable bonds is 2. The average Bonchev–Trinajstić information content (AvgIpc) is 2.97. The summed E-state index contributed by atoms with van der Waals surface area (Å²) in [5.74, 6) is 3.36. The van der Waals surface area contributed by atoms with Crippen molar-refractivity contribution in [3.05, 3.63) is 0 Å². The zero-order valence-corrected chi connectivity index (χ0v) is 16.1. The maximum atomic E-state index is 11.6. The Kier molecular flexibility index (Phi) is 4.43. The van der Waals surface area contributed by atoms with Gasteiger partial charge in [-0.05, 0) is 92.3 Å². The Balaban J connectivity index is 1.49. The summed E-state index contributed by atoms with van der Waals surface area (Å²) >= 11 is 5.62. The molecule has 4 aliphatic rings. The number of esters is 1. The van der Waals surface area contributed by atoms with Crippen LogP contribution in [-0.2, 0) is 9.53 Å². The van der Waals surface area contributed by atoms with Crippen molar-refractivity contribution in [2.24, 2.45) is 34.5 Å². The van der Waals surface area contributed by atoms with Gasteiger partial charge in [0, 0.05) is 0 Å². The van der Waals surface area contributed by atoms with E-state index in [1.54, 1.807) is 0 Å². The molecule has 4 rings (SSSR count). The van der Waals surface area contributed by atoms with E-state index in [-0.39, 0.29) is 18.0 Å². The van der Waals surface area contributed by atoms with E-state index in [4.69, 9.17) is 16.3 Å². The summed E-state index contributed by atoms with van der Waals surface area (Å²) < 4.78 is 5.59. The predicted octanol–water partition coefficient (Wildman–Crippen LogP) is 5.57. The summed E-state index contributed by atoms with van der Waals surface area (Å²) in [6.45, 7) is 5.16. The molecule has 7 atom stereocenters. The van der Waals surface area contributed by atoms with Crippen LogP contribution in [0.1, 0.15) is 78.1 Å². The molecular formula is C21H33ClO2. The van der Waals surface area contributed by atoms with E-state index in [1.165, 1.54) is 51.4 Å². The lowest BCUT2D eigenvalue weighted by Crippen LogP contribution is -2.53. The van der Waals surface area contributed by atoms with Gasteiger partial charge < -0.3 is 4.74 Å². The molecule has 0 saturated heterocycles. The van der Waals surface area contributed by atoms with E-state index >= 15 is 0 Å². The van der Waals surface area contributed by atoms with Crippen LogP contribution in [0.25, 0.3) is 0 Å². The first kappa shape index (κ1) is 17.2. The zero-order chi connectivity index (χ0) is 16.9. The van der Waals surface area contributed by atoms with Crippen LogP contribution in [0.2, 0.25) is 0 Å². The average molecular weight is 353 g/mol. The van der Waals surface area contributed by atoms with Crippen molar-refractivity contribution in [2.45, 2.75) is 84.2 Å². The smallest absolute Gasteiger partial charge is 0.321 e. The number of carbonyl (C=O) groups excluding carboxylic acids is 1. The Hall–Kier alpha value is -0.240. The van der Waals surface area contributed by atoms with Crippen molar-refractivity contribution >= 4 is 17.6 Å². The van der Waals surface area contributed by atoms with Crippen LogP contribution >= 0.6 is 11.6 Å². The lowest BCUT2D eigenvalue weighted by Gasteiger charge is -2.60. The van der Waals surface area contributed by atoms with Crippen molar-refractivity contribution < 1.29 is 9.53 Å². The SMILES string of the molecule is C[C@]12CCC[C@@H]1[C@@H]1CC[C@H]3C[C@H](OC(=O)CCl)CC[C@@]3(C)[C@H]1CC2. The van der Waals surface area contributed by atoms with Crippen LogP contribution < -0.4 is 0 Å². The Bertz CT molecular complexity index is 506. The molecule has 136 valence electrons. The molecule has 0 aromatic heterocycles. The molecule has 24 heavy (non-hydrogen) atoms. The summed E-state index contributed by atoms with van der Waals surface area (Å²) in [4.78, 5) is 11.6. The summed E-state index contributed by atoms with van der Waals surface area (Å²) in [6, 6.07) is 0. The summed E-state index contributed by atoms with van der Waals surface area (Å²) in [6.07, 6.45) is 13.5. The van der Waals surface area contributed by atoms with Gasteiger partial charge in [0.2, 0.25) is 0 Å². The summed E-state index contributed by atoms with van der Waals surface area (Å²) in [7, 11) is 0. The number of halogens is 1. The minimum Gasteiger partial charge on any atom is -0.461 e. The standard InChI is InChI=1S/C21H33ClO2/c1-20-9-3-4-17(20)16-6-5-14-12-15(24-19(23)13-22)7-11-21(14,2)18(16)8-10-20/h14-18H,3-13H2,1-2H3/t14-,15+,16-,17+,18-,20+,21+/m0/s1. The van der Waals surface area contributed by atoms with Crippen molar-refractivity contribution in [2.75, 3.05) is 5.88 Å². The van der Waals surface area contributed by atoms with Gasteiger partial charge in [-0.3, -0.25) is 4.79 Å². The first-order valence-electron chi connectivity index (χ1n) is 10.2. The van der Waals surface area contributed by atoms with Crippen LogP contribution in [0.15, 0.2) is 0 Å². The molecular weight excluding hydrogens is 320 g/mol. The van der Waals surface area contributed by atoms with Gasteiger partial charge in [-0.2, -0.15) is 0 Å². The minimum atomic E-state index is -0.238. The van der Waals surface area contributed by atoms with E-state index in [1.807, 2.05) is 0 Å². The number of fused-ring (bicyclic) bond motifs is 5. The van der Waals surface area contributed by atoms with Crippen molar-refractivity contribution in [1.82, 2.24) is 0 Å². The Labute approximate surface area is 152 Å². The number of hydrogen-bond acceptors (Lipinski definition) is 2. The molecule has 0 heterocycles. The van der Waals surface area contributed by atoms with Crippen molar-refractivity contribution in [3.8, 4) is 0 Å². The fraction of sp³-hybridized carbons (Fsp3) is 0.952. The number of alkyl halides is 1. The van der Waals surface area contributed by atoms with Gasteiger partial charge >= 0.3 is 5.97 Å². The van der Waals surface area contributed by atoms with Crippen LogP contribution in [0.5, 0.6) is 0 Å². The molecule has 0 aromatic rings. The number of hydrogen-bond donors (Lipinski definition) is 0. The largest absolute Gasteiger partial charge is 0.461 e. The normalized spacial score (nSPS) is 50.5. The third kappa shape index (κ3) is 2.63. The molecule has 0 bridgehead atoms. The second-order valence-corrected chi connectivity index (χ2v) is 10.0. The summed E-state index contributed by atoms with van der Waals surface area (Å²) in [5, 5.41) is 0. The van der Waals surface area contributed by atoms with Gasteiger partial charge in [-0.25, -0.2) is 0 Å². The van der Waals surface area contributed by atoms with E-state index in [9.17, 15) is 4.79 Å². The quantitative estimate of drug-likeness (QED) is 0.479. The molecule has 4 fully saturated rings. The van der Waals surface area contributed by atoms with Crippen molar-refractivity contribution in [3.63, 3.8) is 0 Å². The molecule has 2 nitrogen and oxygen atoms in total. The third-order valence-electron chi connectivity index (χ3n) is 8.81. The lowest BCUT2D eigenvalue weighted by atomic mass is 9.45. The predicted molar refractivity (Wildman–Crippen MR) is 96.9 cm³/mol. The Morgan fingerprint density at radius 3 is 2.67 bits per heavy atom.